The van der Waals surface area contributed by atoms with Crippen molar-refractivity contribution < 1.29 is 14.4 Å². The van der Waals surface area contributed by atoms with E-state index in [4.69, 9.17) is 0 Å². The molecule has 0 aromatic heterocycles. The van der Waals surface area contributed by atoms with Crippen LogP contribution in [0.5, 0.6) is 0 Å². The van der Waals surface area contributed by atoms with Crippen LogP contribution in [-0.2, 0) is 9.59 Å². The van der Waals surface area contributed by atoms with Crippen LogP contribution in [-0.4, -0.2) is 46.7 Å². The van der Waals surface area contributed by atoms with Crippen molar-refractivity contribution in [1.82, 2.24) is 9.80 Å². The molecule has 0 unspecified atom stereocenters. The normalized spacial score (nSPS) is 17.4. The molecule has 0 spiro atoms. The average Bonchev–Trinajstić information content (AvgIpc) is 2.95. The largest absolute Gasteiger partial charge is 0.341 e. The fourth-order valence-corrected chi connectivity index (χ4v) is 2.97. The fourth-order valence-electron chi connectivity index (χ4n) is 2.97. The van der Waals surface area contributed by atoms with E-state index >= 15 is 0 Å². The summed E-state index contributed by atoms with van der Waals surface area (Å²) in [5, 5.41) is 0. The van der Waals surface area contributed by atoms with E-state index in [0.717, 1.165) is 17.7 Å². The van der Waals surface area contributed by atoms with Crippen LogP contribution >= 0.6 is 0 Å². The minimum absolute atomic E-state index is 0.108. The van der Waals surface area contributed by atoms with Crippen molar-refractivity contribution in [3.8, 4) is 0 Å². The second-order valence-electron chi connectivity index (χ2n) is 5.81. The van der Waals surface area contributed by atoms with Crippen LogP contribution in [0.15, 0.2) is 30.3 Å². The summed E-state index contributed by atoms with van der Waals surface area (Å²) in [7, 11) is 0. The van der Waals surface area contributed by atoms with E-state index in [1.807, 2.05) is 19.9 Å². The van der Waals surface area contributed by atoms with Gasteiger partial charge in [0.05, 0.1) is 0 Å². The van der Waals surface area contributed by atoms with Gasteiger partial charge in [0.15, 0.2) is 0 Å². The number of hydrogen-bond donors (Lipinski definition) is 0. The van der Waals surface area contributed by atoms with Crippen LogP contribution in [0.25, 0.3) is 0 Å². The maximum Gasteiger partial charge on any atom is 0.261 e. The summed E-state index contributed by atoms with van der Waals surface area (Å²) in [6.07, 6.45) is 2.39. The van der Waals surface area contributed by atoms with Crippen LogP contribution in [0.4, 0.5) is 0 Å². The molecule has 0 aliphatic carbocycles. The topological polar surface area (TPSA) is 57.7 Å². The number of imide groups is 1. The summed E-state index contributed by atoms with van der Waals surface area (Å²) in [4.78, 5) is 40.6. The van der Waals surface area contributed by atoms with Crippen molar-refractivity contribution in [3.63, 3.8) is 0 Å². The number of benzene rings is 1. The van der Waals surface area contributed by atoms with Crippen molar-refractivity contribution in [1.29, 1.82) is 0 Å². The lowest BCUT2D eigenvalue weighted by Crippen LogP contribution is -2.49. The van der Waals surface area contributed by atoms with E-state index in [9.17, 15) is 14.4 Å². The Morgan fingerprint density at radius 1 is 1.13 bits per heavy atom. The van der Waals surface area contributed by atoms with Gasteiger partial charge in [0.2, 0.25) is 11.8 Å². The van der Waals surface area contributed by atoms with E-state index in [2.05, 4.69) is 0 Å². The average molecular weight is 316 g/mol. The Morgan fingerprint density at radius 2 is 1.74 bits per heavy atom. The summed E-state index contributed by atoms with van der Waals surface area (Å²) in [6, 6.07) is 8.01. The highest BCUT2D eigenvalue weighted by atomic mass is 16.2. The smallest absolute Gasteiger partial charge is 0.261 e. The molecule has 1 aliphatic rings. The minimum atomic E-state index is -0.659. The van der Waals surface area contributed by atoms with Gasteiger partial charge in [-0.2, -0.15) is 0 Å². The zero-order valence-corrected chi connectivity index (χ0v) is 13.8. The van der Waals surface area contributed by atoms with Gasteiger partial charge >= 0.3 is 0 Å². The number of rotatable bonds is 6. The summed E-state index contributed by atoms with van der Waals surface area (Å²) in [5.74, 6) is -0.742. The van der Waals surface area contributed by atoms with Gasteiger partial charge in [0.1, 0.15) is 6.04 Å². The van der Waals surface area contributed by atoms with Gasteiger partial charge in [0, 0.05) is 25.1 Å². The molecule has 124 valence electrons. The second-order valence-corrected chi connectivity index (χ2v) is 5.81. The van der Waals surface area contributed by atoms with Gasteiger partial charge in [-0.15, -0.1) is 0 Å². The van der Waals surface area contributed by atoms with Gasteiger partial charge in [0.25, 0.3) is 5.91 Å². The van der Waals surface area contributed by atoms with Crippen molar-refractivity contribution in [2.45, 2.75) is 45.6 Å². The highest BCUT2D eigenvalue weighted by molar-refractivity contribution is 6.09. The molecule has 3 amide bonds. The number of likely N-dealkylation sites (tertiary alicyclic amines) is 1. The molecule has 1 atom stereocenters. The minimum Gasteiger partial charge on any atom is -0.341 e. The van der Waals surface area contributed by atoms with Gasteiger partial charge in [-0.3, -0.25) is 19.3 Å². The number of hydrogen-bond acceptors (Lipinski definition) is 3. The van der Waals surface area contributed by atoms with E-state index < -0.39 is 6.04 Å². The Bertz CT molecular complexity index is 565. The molecule has 5 nitrogen and oxygen atoms in total. The first-order valence-corrected chi connectivity index (χ1v) is 8.30. The third kappa shape index (κ3) is 3.78. The van der Waals surface area contributed by atoms with Gasteiger partial charge in [-0.25, -0.2) is 0 Å². The maximum atomic E-state index is 12.8. The van der Waals surface area contributed by atoms with Crippen LogP contribution in [0.1, 0.15) is 49.9 Å². The highest BCUT2D eigenvalue weighted by Gasteiger charge is 2.41. The second kappa shape index (κ2) is 7.90. The van der Waals surface area contributed by atoms with Crippen molar-refractivity contribution in [2.75, 3.05) is 13.1 Å². The predicted molar refractivity (Wildman–Crippen MR) is 87.8 cm³/mol. The SMILES string of the molecule is CCCN(CCC)C(=O)[C@@H]1CCC(=O)N1C(=O)c1ccccc1. The third-order valence-electron chi connectivity index (χ3n) is 4.04. The molecular formula is C18H24N2O3. The lowest BCUT2D eigenvalue weighted by molar-refractivity contribution is -0.139. The molecule has 2 rings (SSSR count). The van der Waals surface area contributed by atoms with Crippen LogP contribution in [0.3, 0.4) is 0 Å². The number of amides is 3. The summed E-state index contributed by atoms with van der Waals surface area (Å²) >= 11 is 0. The third-order valence-corrected chi connectivity index (χ3v) is 4.04. The molecule has 1 saturated heterocycles. The van der Waals surface area contributed by atoms with Crippen LogP contribution < -0.4 is 0 Å². The molecule has 1 heterocycles. The lowest BCUT2D eigenvalue weighted by Gasteiger charge is -2.29. The summed E-state index contributed by atoms with van der Waals surface area (Å²) in [6.45, 7) is 5.35. The molecule has 0 saturated carbocycles. The molecule has 0 N–H and O–H groups in total. The molecular weight excluding hydrogens is 292 g/mol. The summed E-state index contributed by atoms with van der Waals surface area (Å²) in [5.41, 5.74) is 0.443. The lowest BCUT2D eigenvalue weighted by atomic mass is 10.1. The quantitative estimate of drug-likeness (QED) is 0.758. The number of carbonyl (C=O) groups excluding carboxylic acids is 3. The van der Waals surface area contributed by atoms with Gasteiger partial charge in [-0.05, 0) is 31.4 Å². The van der Waals surface area contributed by atoms with E-state index in [0.29, 0.717) is 25.1 Å². The van der Waals surface area contributed by atoms with Crippen molar-refractivity contribution >= 4 is 17.7 Å². The monoisotopic (exact) mass is 316 g/mol. The molecule has 5 heteroatoms. The Labute approximate surface area is 137 Å². The van der Waals surface area contributed by atoms with Crippen molar-refractivity contribution in [3.05, 3.63) is 35.9 Å². The molecule has 23 heavy (non-hydrogen) atoms. The van der Waals surface area contributed by atoms with E-state index in [1.54, 1.807) is 29.2 Å². The first-order valence-electron chi connectivity index (χ1n) is 8.30. The summed E-state index contributed by atoms with van der Waals surface area (Å²) < 4.78 is 0. The predicted octanol–water partition coefficient (Wildman–Crippen LogP) is 2.47. The Kier molecular flexibility index (Phi) is 5.90. The van der Waals surface area contributed by atoms with E-state index in [-0.39, 0.29) is 24.1 Å². The zero-order chi connectivity index (χ0) is 16.8. The van der Waals surface area contributed by atoms with Gasteiger partial charge < -0.3 is 4.90 Å². The fraction of sp³-hybridized carbons (Fsp3) is 0.500. The van der Waals surface area contributed by atoms with Crippen molar-refractivity contribution in [2.24, 2.45) is 0 Å². The van der Waals surface area contributed by atoms with E-state index in [1.165, 1.54) is 0 Å². The molecule has 1 aromatic carbocycles. The highest BCUT2D eigenvalue weighted by Crippen LogP contribution is 2.23. The molecule has 1 aliphatic heterocycles. The number of nitrogens with zero attached hydrogens (tertiary/aromatic N) is 2. The maximum absolute atomic E-state index is 12.8. The van der Waals surface area contributed by atoms with Crippen LogP contribution in [0, 0.1) is 0 Å². The number of carbonyl (C=O) groups is 3. The van der Waals surface area contributed by atoms with Crippen LogP contribution in [0.2, 0.25) is 0 Å². The Morgan fingerprint density at radius 3 is 2.30 bits per heavy atom. The Hall–Kier alpha value is -2.17. The molecule has 0 bridgehead atoms. The first kappa shape index (κ1) is 17.2. The molecule has 0 radical (unpaired) electrons. The zero-order valence-electron chi connectivity index (χ0n) is 13.8. The standard InChI is InChI=1S/C18H24N2O3/c1-3-12-19(13-4-2)18(23)15-10-11-16(21)20(15)17(22)14-8-6-5-7-9-14/h5-9,15H,3-4,10-13H2,1-2H3/t15-/m0/s1. The van der Waals surface area contributed by atoms with Gasteiger partial charge in [-0.1, -0.05) is 32.0 Å². The molecule has 1 aromatic rings. The molecule has 1 fully saturated rings. The first-order chi connectivity index (χ1) is 11.1. The Balaban J connectivity index is 2.22.